The van der Waals surface area contributed by atoms with Crippen LogP contribution in [0, 0.1) is 5.82 Å². The van der Waals surface area contributed by atoms with Gasteiger partial charge in [0.05, 0.1) is 24.2 Å². The average Bonchev–Trinajstić information content (AvgIpc) is 2.52. The molecular formula is C15H21FN2O4S. The van der Waals surface area contributed by atoms with Gasteiger partial charge >= 0.3 is 0 Å². The second-order valence-electron chi connectivity index (χ2n) is 5.47. The summed E-state index contributed by atoms with van der Waals surface area (Å²) in [4.78, 5) is 13.9. The fraction of sp³-hybridized carbons (Fsp3) is 0.533. The van der Waals surface area contributed by atoms with E-state index >= 15 is 0 Å². The lowest BCUT2D eigenvalue weighted by molar-refractivity contribution is -0.139. The zero-order chi connectivity index (χ0) is 16.9. The number of carbonyl (C=O) groups excluding carboxylic acids is 1. The van der Waals surface area contributed by atoms with Gasteiger partial charge in [-0.1, -0.05) is 0 Å². The van der Waals surface area contributed by atoms with E-state index in [2.05, 4.69) is 4.72 Å². The molecule has 0 radical (unpaired) electrons. The van der Waals surface area contributed by atoms with Crippen molar-refractivity contribution in [2.45, 2.75) is 30.7 Å². The molecule has 0 aromatic heterocycles. The zero-order valence-corrected chi connectivity index (χ0v) is 13.8. The molecule has 1 aliphatic rings. The summed E-state index contributed by atoms with van der Waals surface area (Å²) in [5.74, 6) is -0.490. The molecule has 0 unspecified atom stereocenters. The summed E-state index contributed by atoms with van der Waals surface area (Å²) < 4.78 is 44.5. The van der Waals surface area contributed by atoms with Crippen molar-refractivity contribution < 1.29 is 22.3 Å². The highest BCUT2D eigenvalue weighted by Crippen LogP contribution is 2.11. The maximum absolute atomic E-state index is 12.8. The Bertz CT molecular complexity index is 633. The first-order valence-electron chi connectivity index (χ1n) is 7.52. The third-order valence-corrected chi connectivity index (χ3v) is 5.15. The third kappa shape index (κ3) is 4.98. The Morgan fingerprint density at radius 2 is 2.09 bits per heavy atom. The number of ether oxygens (including phenoxy) is 1. The van der Waals surface area contributed by atoms with Crippen molar-refractivity contribution in [3.05, 3.63) is 30.1 Å². The first-order valence-corrected chi connectivity index (χ1v) is 9.01. The predicted octanol–water partition coefficient (Wildman–Crippen LogP) is 1.13. The van der Waals surface area contributed by atoms with Gasteiger partial charge < -0.3 is 9.64 Å². The highest BCUT2D eigenvalue weighted by Gasteiger charge is 2.23. The topological polar surface area (TPSA) is 75.7 Å². The van der Waals surface area contributed by atoms with E-state index in [1.807, 2.05) is 6.92 Å². The van der Waals surface area contributed by atoms with Gasteiger partial charge in [-0.3, -0.25) is 4.79 Å². The Labute approximate surface area is 135 Å². The van der Waals surface area contributed by atoms with Gasteiger partial charge in [0.1, 0.15) is 5.82 Å². The fourth-order valence-corrected chi connectivity index (χ4v) is 3.46. The van der Waals surface area contributed by atoms with Crippen LogP contribution in [0.25, 0.3) is 0 Å². The third-order valence-electron chi connectivity index (χ3n) is 3.67. The molecule has 6 nitrogen and oxygen atoms in total. The van der Waals surface area contributed by atoms with Crippen LogP contribution >= 0.6 is 0 Å². The molecule has 1 amide bonds. The maximum atomic E-state index is 12.8. The Morgan fingerprint density at radius 1 is 1.39 bits per heavy atom. The molecule has 8 heteroatoms. The van der Waals surface area contributed by atoms with Gasteiger partial charge in [0.15, 0.2) is 0 Å². The van der Waals surface area contributed by atoms with Crippen molar-refractivity contribution in [2.75, 3.05) is 26.3 Å². The maximum Gasteiger partial charge on any atom is 0.240 e. The van der Waals surface area contributed by atoms with Crippen LogP contribution in [0.4, 0.5) is 4.39 Å². The monoisotopic (exact) mass is 344 g/mol. The number of halogens is 1. The molecule has 1 fully saturated rings. The van der Waals surface area contributed by atoms with E-state index in [4.69, 9.17) is 4.74 Å². The van der Waals surface area contributed by atoms with Crippen LogP contribution in [0.3, 0.4) is 0 Å². The van der Waals surface area contributed by atoms with E-state index in [0.717, 1.165) is 12.1 Å². The van der Waals surface area contributed by atoms with E-state index in [1.165, 1.54) is 12.1 Å². The summed E-state index contributed by atoms with van der Waals surface area (Å²) in [6.45, 7) is 3.72. The van der Waals surface area contributed by atoms with Gasteiger partial charge in [-0.05, 0) is 37.6 Å². The Kier molecular flexibility index (Phi) is 6.09. The molecule has 0 aliphatic carbocycles. The summed E-state index contributed by atoms with van der Waals surface area (Å²) in [7, 11) is -3.67. The van der Waals surface area contributed by atoms with Crippen molar-refractivity contribution in [3.8, 4) is 0 Å². The molecule has 0 spiro atoms. The summed E-state index contributed by atoms with van der Waals surface area (Å²) >= 11 is 0. The van der Waals surface area contributed by atoms with Crippen molar-refractivity contribution in [1.82, 2.24) is 9.62 Å². The number of nitrogens with zero attached hydrogens (tertiary/aromatic N) is 1. The lowest BCUT2D eigenvalue weighted by Crippen LogP contribution is -2.47. The van der Waals surface area contributed by atoms with Crippen LogP contribution in [0.5, 0.6) is 0 Å². The van der Waals surface area contributed by atoms with Crippen molar-refractivity contribution in [2.24, 2.45) is 0 Å². The summed E-state index contributed by atoms with van der Waals surface area (Å²) in [6, 6.07) is 4.65. The molecular weight excluding hydrogens is 323 g/mol. The zero-order valence-electron chi connectivity index (χ0n) is 13.0. The van der Waals surface area contributed by atoms with Crippen molar-refractivity contribution in [1.29, 1.82) is 0 Å². The molecule has 0 saturated carbocycles. The first kappa shape index (κ1) is 17.8. The molecule has 1 aromatic rings. The standard InChI is InChI=1S/C15H21FN2O4S/c1-12-11-22-10-9-18(12)15(19)3-2-8-17-23(20,21)14-6-4-13(16)5-7-14/h4-7,12,17H,2-3,8-11H2,1H3/t12-/m1/s1. The lowest BCUT2D eigenvalue weighted by Gasteiger charge is -2.33. The minimum atomic E-state index is -3.67. The molecule has 1 N–H and O–H groups in total. The van der Waals surface area contributed by atoms with E-state index < -0.39 is 15.8 Å². The molecule has 128 valence electrons. The van der Waals surface area contributed by atoms with Gasteiger partial charge in [-0.25, -0.2) is 17.5 Å². The SMILES string of the molecule is C[C@@H]1COCCN1C(=O)CCCNS(=O)(=O)c1ccc(F)cc1. The molecule has 2 rings (SSSR count). The summed E-state index contributed by atoms with van der Waals surface area (Å²) in [5, 5.41) is 0. The molecule has 23 heavy (non-hydrogen) atoms. The van der Waals surface area contributed by atoms with Crippen molar-refractivity contribution >= 4 is 15.9 Å². The van der Waals surface area contributed by atoms with Crippen molar-refractivity contribution in [3.63, 3.8) is 0 Å². The molecule has 1 aliphatic heterocycles. The van der Waals surface area contributed by atoms with Crippen LogP contribution in [0.1, 0.15) is 19.8 Å². The van der Waals surface area contributed by atoms with Crippen LogP contribution < -0.4 is 4.72 Å². The first-order chi connectivity index (χ1) is 10.9. The number of carbonyl (C=O) groups is 1. The highest BCUT2D eigenvalue weighted by molar-refractivity contribution is 7.89. The highest BCUT2D eigenvalue weighted by atomic mass is 32.2. The number of sulfonamides is 1. The van der Waals surface area contributed by atoms with Gasteiger partial charge in [0.25, 0.3) is 0 Å². The van der Waals surface area contributed by atoms with Gasteiger partial charge in [0.2, 0.25) is 15.9 Å². The molecule has 1 aromatic carbocycles. The number of benzene rings is 1. The van der Waals surface area contributed by atoms with Gasteiger partial charge in [-0.2, -0.15) is 0 Å². The van der Waals surface area contributed by atoms with Crippen LogP contribution in [0.15, 0.2) is 29.2 Å². The normalized spacial score (nSPS) is 18.9. The minimum absolute atomic E-state index is 0.00165. The summed E-state index contributed by atoms with van der Waals surface area (Å²) in [6.07, 6.45) is 0.680. The Balaban J connectivity index is 1.78. The van der Waals surface area contributed by atoms with Gasteiger partial charge in [-0.15, -0.1) is 0 Å². The van der Waals surface area contributed by atoms with Crippen LogP contribution in [0.2, 0.25) is 0 Å². The smallest absolute Gasteiger partial charge is 0.240 e. The van der Waals surface area contributed by atoms with E-state index in [1.54, 1.807) is 4.90 Å². The summed E-state index contributed by atoms with van der Waals surface area (Å²) in [5.41, 5.74) is 0. The molecule has 1 saturated heterocycles. The quantitative estimate of drug-likeness (QED) is 0.785. The Morgan fingerprint density at radius 3 is 2.74 bits per heavy atom. The largest absolute Gasteiger partial charge is 0.377 e. The second-order valence-corrected chi connectivity index (χ2v) is 7.23. The van der Waals surface area contributed by atoms with E-state index in [9.17, 15) is 17.6 Å². The number of hydrogen-bond acceptors (Lipinski definition) is 4. The second kappa shape index (κ2) is 7.85. The lowest BCUT2D eigenvalue weighted by atomic mass is 10.2. The number of morpholine rings is 1. The number of nitrogens with one attached hydrogen (secondary N) is 1. The van der Waals surface area contributed by atoms with E-state index in [-0.39, 0.29) is 29.8 Å². The minimum Gasteiger partial charge on any atom is -0.377 e. The van der Waals surface area contributed by atoms with E-state index in [0.29, 0.717) is 26.2 Å². The van der Waals surface area contributed by atoms with Crippen LogP contribution in [-0.4, -0.2) is 51.6 Å². The molecule has 1 heterocycles. The average molecular weight is 344 g/mol. The van der Waals surface area contributed by atoms with Crippen LogP contribution in [-0.2, 0) is 19.6 Å². The predicted molar refractivity (Wildman–Crippen MR) is 82.8 cm³/mol. The fourth-order valence-electron chi connectivity index (χ4n) is 2.38. The molecule has 0 bridgehead atoms. The number of rotatable bonds is 6. The molecule has 1 atom stereocenters. The van der Waals surface area contributed by atoms with Gasteiger partial charge in [0, 0.05) is 19.5 Å². The Hall–Kier alpha value is -1.51. The number of amides is 1. The number of hydrogen-bond donors (Lipinski definition) is 1.